The third-order valence-electron chi connectivity index (χ3n) is 7.23. The van der Waals surface area contributed by atoms with E-state index in [9.17, 15) is 4.79 Å². The maximum Gasteiger partial charge on any atom is 0.251 e. The van der Waals surface area contributed by atoms with Crippen molar-refractivity contribution in [1.82, 2.24) is 20.2 Å². The molecule has 1 atom stereocenters. The monoisotopic (exact) mass is 498 g/mol. The van der Waals surface area contributed by atoms with E-state index in [0.717, 1.165) is 68.6 Å². The van der Waals surface area contributed by atoms with E-state index >= 15 is 0 Å². The number of hydrogen-bond donors (Lipinski definition) is 1. The first-order valence-corrected chi connectivity index (χ1v) is 13.9. The van der Waals surface area contributed by atoms with Gasteiger partial charge in [0, 0.05) is 35.5 Å². The highest BCUT2D eigenvalue weighted by atomic mass is 16.1. The van der Waals surface area contributed by atoms with Gasteiger partial charge in [0.1, 0.15) is 5.82 Å². The van der Waals surface area contributed by atoms with E-state index in [2.05, 4.69) is 61.2 Å². The van der Waals surface area contributed by atoms with Crippen LogP contribution in [0.15, 0.2) is 60.8 Å². The molecule has 1 unspecified atom stereocenters. The van der Waals surface area contributed by atoms with Gasteiger partial charge in [0.05, 0.1) is 0 Å². The highest BCUT2D eigenvalue weighted by molar-refractivity contribution is 5.94. The second kappa shape index (κ2) is 12.5. The van der Waals surface area contributed by atoms with Gasteiger partial charge in [-0.1, -0.05) is 70.2 Å². The summed E-state index contributed by atoms with van der Waals surface area (Å²) in [6, 6.07) is 18.6. The number of benzene rings is 2. The molecule has 3 aromatic rings. The largest absolute Gasteiger partial charge is 0.352 e. The second-order valence-corrected chi connectivity index (χ2v) is 11.3. The summed E-state index contributed by atoms with van der Waals surface area (Å²) in [5.74, 6) is 0.952. The van der Waals surface area contributed by atoms with Gasteiger partial charge in [0.15, 0.2) is 0 Å². The average Bonchev–Trinajstić information content (AvgIpc) is 2.91. The number of aryl methyl sites for hydroxylation is 1. The van der Waals surface area contributed by atoms with Crippen LogP contribution in [0.5, 0.6) is 0 Å². The molecule has 2 aromatic carbocycles. The Hall–Kier alpha value is -3.05. The smallest absolute Gasteiger partial charge is 0.251 e. The predicted molar refractivity (Wildman–Crippen MR) is 152 cm³/mol. The third-order valence-corrected chi connectivity index (χ3v) is 7.23. The van der Waals surface area contributed by atoms with Crippen LogP contribution in [0.2, 0.25) is 0 Å². The zero-order valence-electron chi connectivity index (χ0n) is 23.0. The van der Waals surface area contributed by atoms with Crippen LogP contribution >= 0.6 is 0 Å². The molecule has 37 heavy (non-hydrogen) atoms. The number of fused-ring (bicyclic) bond motifs is 1. The highest BCUT2D eigenvalue weighted by Crippen LogP contribution is 2.26. The van der Waals surface area contributed by atoms with Gasteiger partial charge in [-0.3, -0.25) is 4.79 Å². The number of aromatic nitrogens is 2. The Balaban J connectivity index is 1.23. The van der Waals surface area contributed by atoms with E-state index in [1.165, 1.54) is 11.3 Å². The van der Waals surface area contributed by atoms with Gasteiger partial charge in [0.2, 0.25) is 0 Å². The Kier molecular flexibility index (Phi) is 9.09. The van der Waals surface area contributed by atoms with Gasteiger partial charge in [0.25, 0.3) is 5.91 Å². The van der Waals surface area contributed by atoms with E-state index in [1.54, 1.807) is 0 Å². The maximum absolute atomic E-state index is 12.6. The summed E-state index contributed by atoms with van der Waals surface area (Å²) in [7, 11) is 0. The van der Waals surface area contributed by atoms with Crippen LogP contribution in [0.3, 0.4) is 0 Å². The van der Waals surface area contributed by atoms with E-state index in [-0.39, 0.29) is 11.3 Å². The summed E-state index contributed by atoms with van der Waals surface area (Å²) in [5, 5.41) is 3.10. The lowest BCUT2D eigenvalue weighted by molar-refractivity contribution is 0.0952. The molecule has 0 bridgehead atoms. The van der Waals surface area contributed by atoms with Crippen molar-refractivity contribution in [2.45, 2.75) is 77.7 Å². The standard InChI is InChI=1S/C32H42N4O/c1-5-20-36(28-17-18-29-27(22-28)23-34-31(35-29)32(2,3)4)21-10-9-19-33-30(37)26-15-13-25(14-16-26)24-11-7-6-8-12-24/h6-8,11-16,23,28H,5,9-10,17-22H2,1-4H3,(H,33,37). The van der Waals surface area contributed by atoms with Crippen LogP contribution in [0, 0.1) is 0 Å². The van der Waals surface area contributed by atoms with Crippen LogP contribution in [-0.4, -0.2) is 46.5 Å². The van der Waals surface area contributed by atoms with E-state index < -0.39 is 0 Å². The number of hydrogen-bond acceptors (Lipinski definition) is 4. The minimum atomic E-state index is -0.0127. The molecular weight excluding hydrogens is 456 g/mol. The molecule has 1 aromatic heterocycles. The molecule has 0 aliphatic heterocycles. The maximum atomic E-state index is 12.6. The summed E-state index contributed by atoms with van der Waals surface area (Å²) >= 11 is 0. The lowest BCUT2D eigenvalue weighted by atomic mass is 9.90. The minimum Gasteiger partial charge on any atom is -0.352 e. The van der Waals surface area contributed by atoms with Crippen LogP contribution in [0.4, 0.5) is 0 Å². The number of rotatable bonds is 10. The zero-order valence-corrected chi connectivity index (χ0v) is 23.0. The van der Waals surface area contributed by atoms with Gasteiger partial charge in [-0.05, 0) is 80.4 Å². The molecule has 1 heterocycles. The molecule has 0 spiro atoms. The van der Waals surface area contributed by atoms with Crippen molar-refractivity contribution < 1.29 is 4.79 Å². The Morgan fingerprint density at radius 3 is 2.43 bits per heavy atom. The number of nitrogens with one attached hydrogen (secondary N) is 1. The first kappa shape index (κ1) is 27.0. The molecule has 4 rings (SSSR count). The molecule has 0 saturated heterocycles. The quantitative estimate of drug-likeness (QED) is 0.337. The molecular formula is C32H42N4O. The lowest BCUT2D eigenvalue weighted by Crippen LogP contribution is -2.41. The van der Waals surface area contributed by atoms with Crippen LogP contribution in [0.25, 0.3) is 11.1 Å². The van der Waals surface area contributed by atoms with Crippen LogP contribution < -0.4 is 5.32 Å². The number of carbonyl (C=O) groups excluding carboxylic acids is 1. The Morgan fingerprint density at radius 2 is 1.73 bits per heavy atom. The van der Waals surface area contributed by atoms with Gasteiger partial charge < -0.3 is 10.2 Å². The summed E-state index contributed by atoms with van der Waals surface area (Å²) in [6.45, 7) is 11.7. The van der Waals surface area contributed by atoms with Crippen molar-refractivity contribution in [3.63, 3.8) is 0 Å². The molecule has 1 aliphatic rings. The highest BCUT2D eigenvalue weighted by Gasteiger charge is 2.27. The third kappa shape index (κ3) is 7.26. The van der Waals surface area contributed by atoms with E-state index in [1.807, 2.05) is 42.5 Å². The van der Waals surface area contributed by atoms with Gasteiger partial charge in [-0.15, -0.1) is 0 Å². The van der Waals surface area contributed by atoms with Gasteiger partial charge >= 0.3 is 0 Å². The van der Waals surface area contributed by atoms with Crippen LogP contribution in [0.1, 0.15) is 80.8 Å². The van der Waals surface area contributed by atoms with Crippen molar-refractivity contribution in [2.24, 2.45) is 0 Å². The summed E-state index contributed by atoms with van der Waals surface area (Å²) in [6.07, 6.45) is 8.51. The molecule has 0 saturated carbocycles. The fraction of sp³-hybridized carbons (Fsp3) is 0.469. The first-order chi connectivity index (χ1) is 17.8. The molecule has 5 heteroatoms. The number of carbonyl (C=O) groups is 1. The second-order valence-electron chi connectivity index (χ2n) is 11.3. The first-order valence-electron chi connectivity index (χ1n) is 13.9. The zero-order chi connectivity index (χ0) is 26.3. The fourth-order valence-electron chi connectivity index (χ4n) is 5.11. The summed E-state index contributed by atoms with van der Waals surface area (Å²) in [4.78, 5) is 24.8. The molecule has 0 fully saturated rings. The number of amides is 1. The molecule has 1 N–H and O–H groups in total. The molecule has 5 nitrogen and oxygen atoms in total. The fourth-order valence-corrected chi connectivity index (χ4v) is 5.11. The minimum absolute atomic E-state index is 0.00328. The molecule has 196 valence electrons. The summed E-state index contributed by atoms with van der Waals surface area (Å²) in [5.41, 5.74) is 5.55. The van der Waals surface area contributed by atoms with Crippen molar-refractivity contribution in [2.75, 3.05) is 19.6 Å². The average molecular weight is 499 g/mol. The Morgan fingerprint density at radius 1 is 1.00 bits per heavy atom. The van der Waals surface area contributed by atoms with Crippen LogP contribution in [-0.2, 0) is 18.3 Å². The van der Waals surface area contributed by atoms with E-state index in [0.29, 0.717) is 18.2 Å². The number of nitrogens with zero attached hydrogens (tertiary/aromatic N) is 3. The van der Waals surface area contributed by atoms with Crippen molar-refractivity contribution in [3.05, 3.63) is 83.4 Å². The van der Waals surface area contributed by atoms with Gasteiger partial charge in [-0.2, -0.15) is 0 Å². The predicted octanol–water partition coefficient (Wildman–Crippen LogP) is 6.22. The number of unbranched alkanes of at least 4 members (excludes halogenated alkanes) is 1. The SMILES string of the molecule is CCCN(CCCCNC(=O)c1ccc(-c2ccccc2)cc1)C1CCc2nc(C(C)(C)C)ncc2C1. The Bertz CT molecular complexity index is 1150. The van der Waals surface area contributed by atoms with Gasteiger partial charge in [-0.25, -0.2) is 9.97 Å². The topological polar surface area (TPSA) is 58.1 Å². The molecule has 1 aliphatic carbocycles. The van der Waals surface area contributed by atoms with Crippen molar-refractivity contribution in [1.29, 1.82) is 0 Å². The lowest BCUT2D eigenvalue weighted by Gasteiger charge is -2.35. The van der Waals surface area contributed by atoms with E-state index in [4.69, 9.17) is 4.98 Å². The van der Waals surface area contributed by atoms with Crippen molar-refractivity contribution in [3.8, 4) is 11.1 Å². The molecule has 0 radical (unpaired) electrons. The summed E-state index contributed by atoms with van der Waals surface area (Å²) < 4.78 is 0. The Labute approximate surface area is 222 Å². The molecule has 1 amide bonds. The normalized spacial score (nSPS) is 15.4. The van der Waals surface area contributed by atoms with Crippen molar-refractivity contribution >= 4 is 5.91 Å².